The molecule has 1 N–H and O–H groups in total. The van der Waals surface area contributed by atoms with E-state index >= 15 is 0 Å². The number of benzene rings is 2. The van der Waals surface area contributed by atoms with E-state index in [-0.39, 0.29) is 17.9 Å². The van der Waals surface area contributed by atoms with Crippen molar-refractivity contribution >= 4 is 17.5 Å². The molecule has 30 heavy (non-hydrogen) atoms. The Morgan fingerprint density at radius 1 is 0.967 bits per heavy atom. The first kappa shape index (κ1) is 20.6. The highest BCUT2D eigenvalue weighted by molar-refractivity contribution is 5.93. The summed E-state index contributed by atoms with van der Waals surface area (Å²) >= 11 is 0. The molecule has 158 valence electrons. The van der Waals surface area contributed by atoms with Gasteiger partial charge in [-0.1, -0.05) is 48.5 Å². The van der Waals surface area contributed by atoms with E-state index in [4.69, 9.17) is 4.74 Å². The zero-order valence-electron chi connectivity index (χ0n) is 17.3. The van der Waals surface area contributed by atoms with Crippen LogP contribution in [0.1, 0.15) is 24.0 Å². The summed E-state index contributed by atoms with van der Waals surface area (Å²) in [6, 6.07) is 18.2. The normalized spacial score (nSPS) is 19.6. The minimum atomic E-state index is -0.263. The van der Waals surface area contributed by atoms with Gasteiger partial charge in [0.1, 0.15) is 6.10 Å². The van der Waals surface area contributed by atoms with Gasteiger partial charge in [0.05, 0.1) is 6.54 Å². The number of anilines is 1. The van der Waals surface area contributed by atoms with Crippen molar-refractivity contribution < 1.29 is 14.3 Å². The van der Waals surface area contributed by atoms with Crippen molar-refractivity contribution in [2.45, 2.75) is 25.4 Å². The number of ether oxygens (including phenoxy) is 1. The van der Waals surface area contributed by atoms with Crippen LogP contribution < -0.4 is 5.32 Å². The maximum absolute atomic E-state index is 12.7. The Hall–Kier alpha value is -2.70. The molecule has 2 aliphatic heterocycles. The second kappa shape index (κ2) is 9.87. The largest absolute Gasteiger partial charge is 0.368 e. The quantitative estimate of drug-likeness (QED) is 0.800. The third kappa shape index (κ3) is 5.26. The Kier molecular flexibility index (Phi) is 6.77. The Bertz CT molecular complexity index is 857. The second-order valence-electron chi connectivity index (χ2n) is 7.97. The van der Waals surface area contributed by atoms with Gasteiger partial charge in [0.25, 0.3) is 5.91 Å². The van der Waals surface area contributed by atoms with E-state index in [0.29, 0.717) is 39.3 Å². The van der Waals surface area contributed by atoms with E-state index < -0.39 is 0 Å². The maximum atomic E-state index is 12.7. The minimum absolute atomic E-state index is 0.0191. The summed E-state index contributed by atoms with van der Waals surface area (Å²) < 4.78 is 5.51. The summed E-state index contributed by atoms with van der Waals surface area (Å²) in [5, 5.41) is 3.08. The zero-order valence-corrected chi connectivity index (χ0v) is 17.3. The fourth-order valence-electron chi connectivity index (χ4n) is 4.11. The molecule has 2 amide bonds. The van der Waals surface area contributed by atoms with E-state index in [1.165, 1.54) is 5.56 Å². The number of hydrogen-bond donors (Lipinski definition) is 1. The molecule has 2 aromatic carbocycles. The molecule has 4 rings (SSSR count). The molecular formula is C24H29N3O3. The monoisotopic (exact) mass is 407 g/mol. The fraction of sp³-hybridized carbons (Fsp3) is 0.417. The van der Waals surface area contributed by atoms with Crippen LogP contribution in [0.2, 0.25) is 0 Å². The summed E-state index contributed by atoms with van der Waals surface area (Å²) in [6.45, 7) is 3.73. The van der Waals surface area contributed by atoms with E-state index in [1.54, 1.807) is 0 Å². The molecule has 2 fully saturated rings. The first-order valence-electron chi connectivity index (χ1n) is 10.7. The highest BCUT2D eigenvalue weighted by atomic mass is 16.5. The number of amides is 2. The summed E-state index contributed by atoms with van der Waals surface area (Å²) in [5.74, 6) is 0.0841. The molecule has 1 unspecified atom stereocenters. The van der Waals surface area contributed by atoms with Gasteiger partial charge < -0.3 is 15.0 Å². The van der Waals surface area contributed by atoms with E-state index in [0.717, 1.165) is 30.5 Å². The van der Waals surface area contributed by atoms with Gasteiger partial charge in [-0.05, 0) is 36.5 Å². The number of nitrogens with one attached hydrogen (secondary N) is 1. The summed E-state index contributed by atoms with van der Waals surface area (Å²) in [6.07, 6.45) is 2.30. The molecule has 2 aromatic rings. The Balaban J connectivity index is 1.28. The van der Waals surface area contributed by atoms with Crippen LogP contribution in [0.3, 0.4) is 0 Å². The lowest BCUT2D eigenvalue weighted by atomic mass is 10.0. The molecule has 0 saturated carbocycles. The number of para-hydroxylation sites is 1. The highest BCUT2D eigenvalue weighted by Gasteiger charge is 2.30. The van der Waals surface area contributed by atoms with Gasteiger partial charge in [0.2, 0.25) is 5.91 Å². The molecule has 1 atom stereocenters. The van der Waals surface area contributed by atoms with E-state index in [2.05, 4.69) is 28.4 Å². The SMILES string of the molecule is O=C(CN1CCN(C(=O)C2CCCO2)CC1)Nc1ccccc1Cc1ccccc1. The highest BCUT2D eigenvalue weighted by Crippen LogP contribution is 2.19. The molecule has 2 saturated heterocycles. The van der Waals surface area contributed by atoms with Crippen molar-refractivity contribution in [3.8, 4) is 0 Å². The van der Waals surface area contributed by atoms with Crippen molar-refractivity contribution in [1.82, 2.24) is 9.80 Å². The van der Waals surface area contributed by atoms with Crippen LogP contribution in [0.25, 0.3) is 0 Å². The first-order chi connectivity index (χ1) is 14.7. The second-order valence-corrected chi connectivity index (χ2v) is 7.97. The fourth-order valence-corrected chi connectivity index (χ4v) is 4.11. The number of carbonyl (C=O) groups excluding carboxylic acids is 2. The maximum Gasteiger partial charge on any atom is 0.251 e. The van der Waals surface area contributed by atoms with Crippen molar-refractivity contribution in [2.24, 2.45) is 0 Å². The molecule has 2 heterocycles. The lowest BCUT2D eigenvalue weighted by Crippen LogP contribution is -2.52. The van der Waals surface area contributed by atoms with Crippen LogP contribution in [-0.2, 0) is 20.7 Å². The van der Waals surface area contributed by atoms with E-state index in [1.807, 2.05) is 41.3 Å². The van der Waals surface area contributed by atoms with Crippen LogP contribution in [0.4, 0.5) is 5.69 Å². The average molecular weight is 408 g/mol. The Morgan fingerprint density at radius 3 is 2.43 bits per heavy atom. The van der Waals surface area contributed by atoms with Gasteiger partial charge in [0.15, 0.2) is 0 Å². The third-order valence-electron chi connectivity index (χ3n) is 5.79. The number of carbonyl (C=O) groups is 2. The molecule has 0 spiro atoms. The Morgan fingerprint density at radius 2 is 1.70 bits per heavy atom. The lowest BCUT2D eigenvalue weighted by molar-refractivity contribution is -0.142. The molecule has 0 bridgehead atoms. The average Bonchev–Trinajstić information content (AvgIpc) is 3.31. The summed E-state index contributed by atoms with van der Waals surface area (Å²) in [5.41, 5.74) is 3.17. The number of hydrogen-bond acceptors (Lipinski definition) is 4. The summed E-state index contributed by atoms with van der Waals surface area (Å²) in [4.78, 5) is 29.1. The molecule has 0 aliphatic carbocycles. The van der Waals surface area contributed by atoms with Crippen LogP contribution in [-0.4, -0.2) is 67.0 Å². The van der Waals surface area contributed by atoms with Crippen LogP contribution in [0.15, 0.2) is 54.6 Å². The minimum Gasteiger partial charge on any atom is -0.368 e. The van der Waals surface area contributed by atoms with Crippen LogP contribution in [0, 0.1) is 0 Å². The van der Waals surface area contributed by atoms with Gasteiger partial charge in [-0.3, -0.25) is 14.5 Å². The lowest BCUT2D eigenvalue weighted by Gasteiger charge is -2.35. The topological polar surface area (TPSA) is 61.9 Å². The first-order valence-corrected chi connectivity index (χ1v) is 10.7. The van der Waals surface area contributed by atoms with Gasteiger partial charge >= 0.3 is 0 Å². The predicted molar refractivity (Wildman–Crippen MR) is 116 cm³/mol. The van der Waals surface area contributed by atoms with Gasteiger partial charge in [0, 0.05) is 38.5 Å². The van der Waals surface area contributed by atoms with Crippen molar-refractivity contribution in [2.75, 3.05) is 44.6 Å². The van der Waals surface area contributed by atoms with Crippen LogP contribution >= 0.6 is 0 Å². The number of piperazine rings is 1. The van der Waals surface area contributed by atoms with Gasteiger partial charge in [-0.15, -0.1) is 0 Å². The third-order valence-corrected chi connectivity index (χ3v) is 5.79. The smallest absolute Gasteiger partial charge is 0.251 e. The predicted octanol–water partition coefficient (Wildman–Crippen LogP) is 2.54. The standard InChI is InChI=1S/C24H29N3O3/c28-23(18-26-12-14-27(15-13-26)24(29)22-11-6-16-30-22)25-21-10-5-4-9-20(21)17-19-7-2-1-3-8-19/h1-5,7-10,22H,6,11-18H2,(H,25,28). The molecule has 0 radical (unpaired) electrons. The van der Waals surface area contributed by atoms with Gasteiger partial charge in [-0.25, -0.2) is 0 Å². The van der Waals surface area contributed by atoms with Crippen molar-refractivity contribution in [3.63, 3.8) is 0 Å². The van der Waals surface area contributed by atoms with Crippen LogP contribution in [0.5, 0.6) is 0 Å². The number of rotatable bonds is 6. The van der Waals surface area contributed by atoms with E-state index in [9.17, 15) is 9.59 Å². The molecule has 6 nitrogen and oxygen atoms in total. The van der Waals surface area contributed by atoms with Crippen molar-refractivity contribution in [1.29, 1.82) is 0 Å². The zero-order chi connectivity index (χ0) is 20.8. The molecule has 6 heteroatoms. The molecule has 2 aliphatic rings. The number of nitrogens with zero attached hydrogens (tertiary/aromatic N) is 2. The molecule has 0 aromatic heterocycles. The van der Waals surface area contributed by atoms with Gasteiger partial charge in [-0.2, -0.15) is 0 Å². The Labute approximate surface area is 177 Å². The van der Waals surface area contributed by atoms with Crippen molar-refractivity contribution in [3.05, 3.63) is 65.7 Å². The molecular weight excluding hydrogens is 378 g/mol. The summed E-state index contributed by atoms with van der Waals surface area (Å²) in [7, 11) is 0.